The average Bonchev–Trinajstić information content (AvgIpc) is 3.56. The minimum atomic E-state index is 0.897. The van der Waals surface area contributed by atoms with Crippen LogP contribution in [0, 0.1) is 0 Å². The van der Waals surface area contributed by atoms with Crippen molar-refractivity contribution in [1.29, 1.82) is 0 Å². The van der Waals surface area contributed by atoms with E-state index in [-0.39, 0.29) is 0 Å². The van der Waals surface area contributed by atoms with Crippen molar-refractivity contribution in [2.24, 2.45) is 0 Å². The van der Waals surface area contributed by atoms with Crippen LogP contribution in [0.1, 0.15) is 0 Å². The van der Waals surface area contributed by atoms with Crippen molar-refractivity contribution in [3.8, 4) is 11.1 Å². The van der Waals surface area contributed by atoms with Gasteiger partial charge in [0, 0.05) is 49.6 Å². The van der Waals surface area contributed by atoms with E-state index in [0.717, 1.165) is 50.0 Å². The molecule has 1 N–H and O–H groups in total. The van der Waals surface area contributed by atoms with Gasteiger partial charge >= 0.3 is 0 Å². The van der Waals surface area contributed by atoms with Gasteiger partial charge in [-0.05, 0) is 77.9 Å². The average molecular weight is 501 g/mol. The zero-order valence-electron chi connectivity index (χ0n) is 21.1. The van der Waals surface area contributed by atoms with Crippen LogP contribution in [0.3, 0.4) is 0 Å². The van der Waals surface area contributed by atoms with Crippen LogP contribution in [0.25, 0.3) is 54.9 Å². The first kappa shape index (κ1) is 21.8. The first-order valence-electron chi connectivity index (χ1n) is 13.2. The molecule has 0 unspecified atom stereocenters. The van der Waals surface area contributed by atoms with Crippen LogP contribution in [-0.4, -0.2) is 4.98 Å². The molecule has 0 amide bonds. The number of aromatic nitrogens is 1. The number of aromatic amines is 1. The summed E-state index contributed by atoms with van der Waals surface area (Å²) in [5, 5.41) is 4.73. The molecular weight excluding hydrogens is 476 g/mol. The van der Waals surface area contributed by atoms with E-state index in [9.17, 15) is 0 Å². The molecule has 2 aromatic heterocycles. The Bertz CT molecular complexity index is 2140. The number of nitrogens with one attached hydrogen (secondary N) is 1. The predicted molar refractivity (Wildman–Crippen MR) is 163 cm³/mol. The topological polar surface area (TPSA) is 32.2 Å². The molecule has 0 atom stereocenters. The Kier molecular flexibility index (Phi) is 4.82. The van der Waals surface area contributed by atoms with Crippen LogP contribution < -0.4 is 4.90 Å². The lowest BCUT2D eigenvalue weighted by molar-refractivity contribution is 0.669. The Balaban J connectivity index is 1.29. The quantitative estimate of drug-likeness (QED) is 0.261. The molecule has 0 aliphatic carbocycles. The van der Waals surface area contributed by atoms with Crippen molar-refractivity contribution in [3.05, 3.63) is 140 Å². The maximum absolute atomic E-state index is 6.11. The Morgan fingerprint density at radius 3 is 2.03 bits per heavy atom. The van der Waals surface area contributed by atoms with E-state index in [1.165, 1.54) is 21.9 Å². The smallest absolute Gasteiger partial charge is 0.135 e. The minimum absolute atomic E-state index is 0.897. The van der Waals surface area contributed by atoms with E-state index in [1.54, 1.807) is 0 Å². The number of H-pyrrole nitrogens is 1. The number of hydrogen-bond donors (Lipinski definition) is 1. The molecule has 3 heteroatoms. The lowest BCUT2D eigenvalue weighted by Crippen LogP contribution is -2.09. The highest BCUT2D eigenvalue weighted by molar-refractivity contribution is 6.09. The molecule has 8 aromatic rings. The summed E-state index contributed by atoms with van der Waals surface area (Å²) >= 11 is 0. The SMILES string of the molecule is c1ccc(N(c2cccc(-c3ccc4[nH]c5ccccc5c4c3)c2)c2ccc3oc4ccccc4c3c2)cc1. The highest BCUT2D eigenvalue weighted by Gasteiger charge is 2.16. The number of nitrogens with zero attached hydrogens (tertiary/aromatic N) is 1. The fourth-order valence-electron chi connectivity index (χ4n) is 5.73. The van der Waals surface area contributed by atoms with Gasteiger partial charge in [0.05, 0.1) is 0 Å². The van der Waals surface area contributed by atoms with Crippen molar-refractivity contribution in [1.82, 2.24) is 4.98 Å². The van der Waals surface area contributed by atoms with Gasteiger partial charge in [0.15, 0.2) is 0 Å². The van der Waals surface area contributed by atoms with Crippen LogP contribution >= 0.6 is 0 Å². The van der Waals surface area contributed by atoms with Crippen LogP contribution in [-0.2, 0) is 0 Å². The van der Waals surface area contributed by atoms with E-state index in [0.29, 0.717) is 0 Å². The minimum Gasteiger partial charge on any atom is -0.456 e. The third kappa shape index (κ3) is 3.59. The first-order valence-corrected chi connectivity index (χ1v) is 13.2. The van der Waals surface area contributed by atoms with Gasteiger partial charge in [-0.1, -0.05) is 72.8 Å². The molecule has 6 aromatic carbocycles. The lowest BCUT2D eigenvalue weighted by Gasteiger charge is -2.26. The van der Waals surface area contributed by atoms with E-state index >= 15 is 0 Å². The molecular formula is C36H24N2O. The molecule has 0 saturated carbocycles. The van der Waals surface area contributed by atoms with Gasteiger partial charge in [-0.3, -0.25) is 0 Å². The largest absolute Gasteiger partial charge is 0.456 e. The normalized spacial score (nSPS) is 11.6. The van der Waals surface area contributed by atoms with Crippen molar-refractivity contribution in [2.45, 2.75) is 0 Å². The number of furan rings is 1. The van der Waals surface area contributed by atoms with Crippen molar-refractivity contribution < 1.29 is 4.42 Å². The second-order valence-corrected chi connectivity index (χ2v) is 9.93. The summed E-state index contributed by atoms with van der Waals surface area (Å²) in [5.74, 6) is 0. The number of rotatable bonds is 4. The van der Waals surface area contributed by atoms with Crippen molar-refractivity contribution >= 4 is 60.8 Å². The molecule has 3 nitrogen and oxygen atoms in total. The number of hydrogen-bond acceptors (Lipinski definition) is 2. The maximum atomic E-state index is 6.11. The molecule has 0 spiro atoms. The summed E-state index contributed by atoms with van der Waals surface area (Å²) in [6, 6.07) is 49.2. The zero-order valence-corrected chi connectivity index (χ0v) is 21.1. The third-order valence-electron chi connectivity index (χ3n) is 7.58. The first-order chi connectivity index (χ1) is 19.3. The fourth-order valence-corrected chi connectivity index (χ4v) is 5.73. The van der Waals surface area contributed by atoms with Crippen LogP contribution in [0.5, 0.6) is 0 Å². The van der Waals surface area contributed by atoms with E-state index in [4.69, 9.17) is 4.42 Å². The fraction of sp³-hybridized carbons (Fsp3) is 0. The summed E-state index contributed by atoms with van der Waals surface area (Å²) in [6.07, 6.45) is 0. The molecule has 0 fully saturated rings. The number of benzene rings is 6. The summed E-state index contributed by atoms with van der Waals surface area (Å²) in [7, 11) is 0. The van der Waals surface area contributed by atoms with Gasteiger partial charge in [-0.2, -0.15) is 0 Å². The summed E-state index contributed by atoms with van der Waals surface area (Å²) < 4.78 is 6.11. The lowest BCUT2D eigenvalue weighted by atomic mass is 10.0. The Morgan fingerprint density at radius 1 is 0.410 bits per heavy atom. The van der Waals surface area contributed by atoms with Gasteiger partial charge in [0.2, 0.25) is 0 Å². The molecule has 0 aliphatic heterocycles. The van der Waals surface area contributed by atoms with E-state index in [2.05, 4.69) is 137 Å². The van der Waals surface area contributed by atoms with Gasteiger partial charge in [0.1, 0.15) is 11.2 Å². The molecule has 0 aliphatic rings. The van der Waals surface area contributed by atoms with Gasteiger partial charge in [0.25, 0.3) is 0 Å². The molecule has 184 valence electrons. The predicted octanol–water partition coefficient (Wildman–Crippen LogP) is 10.4. The van der Waals surface area contributed by atoms with Crippen molar-refractivity contribution in [2.75, 3.05) is 4.90 Å². The Morgan fingerprint density at radius 2 is 1.10 bits per heavy atom. The highest BCUT2D eigenvalue weighted by Crippen LogP contribution is 2.40. The Hall–Kier alpha value is -5.28. The van der Waals surface area contributed by atoms with Gasteiger partial charge in [-0.15, -0.1) is 0 Å². The maximum Gasteiger partial charge on any atom is 0.135 e. The van der Waals surface area contributed by atoms with Crippen LogP contribution in [0.15, 0.2) is 144 Å². The standard InChI is InChI=1S/C36H24N2O/c1-2-10-26(11-3-1)38(28-18-20-36-32(23-28)30-14-5-7-16-35(30)39-36)27-12-8-9-24(21-27)25-17-19-34-31(22-25)29-13-4-6-15-33(29)37-34/h1-23,37H. The molecule has 0 radical (unpaired) electrons. The van der Waals surface area contributed by atoms with Gasteiger partial charge in [-0.25, -0.2) is 0 Å². The molecule has 39 heavy (non-hydrogen) atoms. The monoisotopic (exact) mass is 500 g/mol. The zero-order chi connectivity index (χ0) is 25.8. The highest BCUT2D eigenvalue weighted by atomic mass is 16.3. The third-order valence-corrected chi connectivity index (χ3v) is 7.58. The van der Waals surface area contributed by atoms with E-state index < -0.39 is 0 Å². The second kappa shape index (κ2) is 8.64. The molecule has 0 saturated heterocycles. The Labute approximate surface area is 225 Å². The summed E-state index contributed by atoms with van der Waals surface area (Å²) in [5.41, 5.74) is 9.79. The molecule has 2 heterocycles. The van der Waals surface area contributed by atoms with Gasteiger partial charge < -0.3 is 14.3 Å². The number of para-hydroxylation sites is 3. The molecule has 0 bridgehead atoms. The van der Waals surface area contributed by atoms with Crippen molar-refractivity contribution in [3.63, 3.8) is 0 Å². The second-order valence-electron chi connectivity index (χ2n) is 9.93. The number of fused-ring (bicyclic) bond motifs is 6. The van der Waals surface area contributed by atoms with Crippen LogP contribution in [0.4, 0.5) is 17.1 Å². The molecule has 8 rings (SSSR count). The summed E-state index contributed by atoms with van der Waals surface area (Å²) in [6.45, 7) is 0. The number of anilines is 3. The summed E-state index contributed by atoms with van der Waals surface area (Å²) in [4.78, 5) is 5.85. The van der Waals surface area contributed by atoms with Crippen LogP contribution in [0.2, 0.25) is 0 Å². The van der Waals surface area contributed by atoms with E-state index in [1.807, 2.05) is 12.1 Å².